The summed E-state index contributed by atoms with van der Waals surface area (Å²) in [5.41, 5.74) is 1.09. The zero-order valence-electron chi connectivity index (χ0n) is 12.0. The maximum Gasteiger partial charge on any atom is 0.226 e. The van der Waals surface area contributed by atoms with Crippen LogP contribution in [0.1, 0.15) is 24.6 Å². The maximum atomic E-state index is 13.5. The molecule has 2 rings (SSSR count). The molecule has 1 heterocycles. The standard InChI is InChI=1S/C15H17F2N3O/c1-3-6-21-14-7-10(2)19-15(20-14)18-9-11-4-5-12(16)8-13(11)17/h4-5,7-8H,3,6,9H2,1-2H3,(H,18,19,20). The highest BCUT2D eigenvalue weighted by molar-refractivity contribution is 5.32. The lowest BCUT2D eigenvalue weighted by atomic mass is 10.2. The van der Waals surface area contributed by atoms with Crippen molar-refractivity contribution in [3.63, 3.8) is 0 Å². The normalized spacial score (nSPS) is 10.5. The number of hydrogen-bond acceptors (Lipinski definition) is 4. The molecule has 0 saturated carbocycles. The van der Waals surface area contributed by atoms with Crippen LogP contribution in [-0.2, 0) is 6.54 Å². The Hall–Kier alpha value is -2.24. The molecule has 0 atom stereocenters. The molecule has 1 aromatic carbocycles. The van der Waals surface area contributed by atoms with Crippen molar-refractivity contribution in [2.75, 3.05) is 11.9 Å². The summed E-state index contributed by atoms with van der Waals surface area (Å²) in [7, 11) is 0. The summed E-state index contributed by atoms with van der Waals surface area (Å²) in [6, 6.07) is 5.19. The van der Waals surface area contributed by atoms with E-state index in [2.05, 4.69) is 15.3 Å². The van der Waals surface area contributed by atoms with Crippen molar-refractivity contribution in [1.29, 1.82) is 0 Å². The van der Waals surface area contributed by atoms with E-state index in [0.29, 0.717) is 24.0 Å². The third-order valence-electron chi connectivity index (χ3n) is 2.74. The first kappa shape index (κ1) is 15.2. The Morgan fingerprint density at radius 3 is 2.71 bits per heavy atom. The van der Waals surface area contributed by atoms with Crippen molar-refractivity contribution in [3.8, 4) is 5.88 Å². The number of aromatic nitrogens is 2. The summed E-state index contributed by atoms with van der Waals surface area (Å²) in [6.07, 6.45) is 0.882. The van der Waals surface area contributed by atoms with Gasteiger partial charge in [-0.2, -0.15) is 4.98 Å². The zero-order chi connectivity index (χ0) is 15.2. The molecular weight excluding hydrogens is 276 g/mol. The molecule has 6 heteroatoms. The molecule has 21 heavy (non-hydrogen) atoms. The molecule has 0 spiro atoms. The number of nitrogens with zero attached hydrogens (tertiary/aromatic N) is 2. The fourth-order valence-corrected chi connectivity index (χ4v) is 1.74. The topological polar surface area (TPSA) is 47.0 Å². The van der Waals surface area contributed by atoms with Gasteiger partial charge in [0.2, 0.25) is 11.8 Å². The smallest absolute Gasteiger partial charge is 0.226 e. The van der Waals surface area contributed by atoms with Crippen LogP contribution < -0.4 is 10.1 Å². The summed E-state index contributed by atoms with van der Waals surface area (Å²) in [4.78, 5) is 8.40. The van der Waals surface area contributed by atoms with Gasteiger partial charge in [-0.1, -0.05) is 13.0 Å². The SMILES string of the molecule is CCCOc1cc(C)nc(NCc2ccc(F)cc2F)n1. The van der Waals surface area contributed by atoms with Gasteiger partial charge < -0.3 is 10.1 Å². The van der Waals surface area contributed by atoms with Crippen molar-refractivity contribution in [3.05, 3.63) is 47.2 Å². The second-order valence-electron chi connectivity index (χ2n) is 4.61. The fourth-order valence-electron chi connectivity index (χ4n) is 1.74. The fraction of sp³-hybridized carbons (Fsp3) is 0.333. The number of rotatable bonds is 6. The summed E-state index contributed by atoms with van der Waals surface area (Å²) < 4.78 is 31.8. The van der Waals surface area contributed by atoms with E-state index in [0.717, 1.165) is 18.2 Å². The van der Waals surface area contributed by atoms with Crippen molar-refractivity contribution in [1.82, 2.24) is 9.97 Å². The monoisotopic (exact) mass is 293 g/mol. The molecule has 0 aliphatic rings. The largest absolute Gasteiger partial charge is 0.478 e. The van der Waals surface area contributed by atoms with E-state index in [1.54, 1.807) is 6.07 Å². The lowest BCUT2D eigenvalue weighted by Crippen LogP contribution is -2.07. The highest BCUT2D eigenvalue weighted by Crippen LogP contribution is 2.15. The van der Waals surface area contributed by atoms with Crippen molar-refractivity contribution in [2.24, 2.45) is 0 Å². The molecule has 1 aromatic heterocycles. The molecule has 0 aliphatic heterocycles. The number of nitrogens with one attached hydrogen (secondary N) is 1. The van der Waals surface area contributed by atoms with Crippen LogP contribution in [0, 0.1) is 18.6 Å². The van der Waals surface area contributed by atoms with Gasteiger partial charge >= 0.3 is 0 Å². The predicted molar refractivity (Wildman–Crippen MR) is 76.2 cm³/mol. The van der Waals surface area contributed by atoms with E-state index < -0.39 is 11.6 Å². The first-order valence-corrected chi connectivity index (χ1v) is 6.74. The molecule has 1 N–H and O–H groups in total. The van der Waals surface area contributed by atoms with Gasteiger partial charge in [-0.15, -0.1) is 0 Å². The summed E-state index contributed by atoms with van der Waals surface area (Å²) >= 11 is 0. The van der Waals surface area contributed by atoms with Crippen molar-refractivity contribution < 1.29 is 13.5 Å². The van der Waals surface area contributed by atoms with Crippen LogP contribution in [0.5, 0.6) is 5.88 Å². The predicted octanol–water partition coefficient (Wildman–Crippen LogP) is 3.46. The highest BCUT2D eigenvalue weighted by Gasteiger charge is 2.06. The van der Waals surface area contributed by atoms with Crippen LogP contribution in [0.25, 0.3) is 0 Å². The number of benzene rings is 1. The van der Waals surface area contributed by atoms with E-state index in [1.165, 1.54) is 12.1 Å². The van der Waals surface area contributed by atoms with Crippen LogP contribution in [0.3, 0.4) is 0 Å². The van der Waals surface area contributed by atoms with E-state index in [9.17, 15) is 8.78 Å². The lowest BCUT2D eigenvalue weighted by molar-refractivity contribution is 0.305. The van der Waals surface area contributed by atoms with Gasteiger partial charge in [-0.25, -0.2) is 13.8 Å². The second kappa shape index (κ2) is 6.97. The van der Waals surface area contributed by atoms with Gasteiger partial charge in [0.05, 0.1) is 6.61 Å². The molecular formula is C15H17F2N3O. The Kier molecular flexibility index (Phi) is 5.03. The number of hydrogen-bond donors (Lipinski definition) is 1. The van der Waals surface area contributed by atoms with E-state index in [1.807, 2.05) is 13.8 Å². The van der Waals surface area contributed by atoms with Crippen molar-refractivity contribution >= 4 is 5.95 Å². The molecule has 4 nitrogen and oxygen atoms in total. The molecule has 0 radical (unpaired) electrons. The number of ether oxygens (including phenoxy) is 1. The Labute approximate surface area is 122 Å². The number of halogens is 2. The Bertz CT molecular complexity index is 620. The van der Waals surface area contributed by atoms with E-state index in [4.69, 9.17) is 4.74 Å². The van der Waals surface area contributed by atoms with Gasteiger partial charge in [0, 0.05) is 29.9 Å². The molecule has 0 aliphatic carbocycles. The molecule has 0 saturated heterocycles. The van der Waals surface area contributed by atoms with E-state index in [-0.39, 0.29) is 6.54 Å². The molecule has 2 aromatic rings. The van der Waals surface area contributed by atoms with Crippen LogP contribution in [0.15, 0.2) is 24.3 Å². The summed E-state index contributed by atoms with van der Waals surface area (Å²) in [5, 5.41) is 2.91. The van der Waals surface area contributed by atoms with E-state index >= 15 is 0 Å². The van der Waals surface area contributed by atoms with Gasteiger partial charge in [-0.05, 0) is 19.4 Å². The molecule has 0 bridgehead atoms. The molecule has 112 valence electrons. The Morgan fingerprint density at radius 1 is 1.19 bits per heavy atom. The van der Waals surface area contributed by atoms with Gasteiger partial charge in [-0.3, -0.25) is 0 Å². The Morgan fingerprint density at radius 2 is 2.00 bits per heavy atom. The summed E-state index contributed by atoms with van der Waals surface area (Å²) in [5.74, 6) is -0.368. The molecule has 0 amide bonds. The average Bonchev–Trinajstić information content (AvgIpc) is 2.43. The molecule has 0 fully saturated rings. The zero-order valence-corrected chi connectivity index (χ0v) is 12.0. The lowest BCUT2D eigenvalue weighted by Gasteiger charge is -2.09. The van der Waals surface area contributed by atoms with Crippen molar-refractivity contribution in [2.45, 2.75) is 26.8 Å². The Balaban J connectivity index is 2.07. The van der Waals surface area contributed by atoms with Crippen LogP contribution in [0.2, 0.25) is 0 Å². The average molecular weight is 293 g/mol. The second-order valence-corrected chi connectivity index (χ2v) is 4.61. The minimum Gasteiger partial charge on any atom is -0.478 e. The van der Waals surface area contributed by atoms with Gasteiger partial charge in [0.1, 0.15) is 11.6 Å². The third-order valence-corrected chi connectivity index (χ3v) is 2.74. The number of aryl methyl sites for hydroxylation is 1. The minimum atomic E-state index is -0.599. The third kappa shape index (κ3) is 4.37. The quantitative estimate of drug-likeness (QED) is 0.886. The van der Waals surface area contributed by atoms with Gasteiger partial charge in [0.25, 0.3) is 0 Å². The number of anilines is 1. The van der Waals surface area contributed by atoms with Crippen LogP contribution in [-0.4, -0.2) is 16.6 Å². The van der Waals surface area contributed by atoms with Gasteiger partial charge in [0.15, 0.2) is 0 Å². The minimum absolute atomic E-state index is 0.169. The maximum absolute atomic E-state index is 13.5. The van der Waals surface area contributed by atoms with Crippen LogP contribution >= 0.6 is 0 Å². The molecule has 0 unspecified atom stereocenters. The first-order valence-electron chi connectivity index (χ1n) is 6.74. The van der Waals surface area contributed by atoms with Crippen LogP contribution in [0.4, 0.5) is 14.7 Å². The highest BCUT2D eigenvalue weighted by atomic mass is 19.1. The summed E-state index contributed by atoms with van der Waals surface area (Å²) in [6.45, 7) is 4.57. The first-order chi connectivity index (χ1) is 10.1.